The second-order valence-corrected chi connectivity index (χ2v) is 7.97. The van der Waals surface area contributed by atoms with E-state index in [1.54, 1.807) is 32.9 Å². The number of anilines is 1. The van der Waals surface area contributed by atoms with Crippen molar-refractivity contribution in [3.63, 3.8) is 0 Å². The lowest BCUT2D eigenvalue weighted by atomic mass is 9.85. The fraction of sp³-hybridized carbons (Fsp3) is 0.429. The van der Waals surface area contributed by atoms with Crippen molar-refractivity contribution in [3.8, 4) is 0 Å². The predicted octanol–water partition coefficient (Wildman–Crippen LogP) is 2.91. The van der Waals surface area contributed by atoms with Gasteiger partial charge in [-0.05, 0) is 31.0 Å². The number of ketones is 1. The van der Waals surface area contributed by atoms with Crippen molar-refractivity contribution in [3.05, 3.63) is 42.0 Å². The van der Waals surface area contributed by atoms with Crippen LogP contribution in [-0.4, -0.2) is 30.2 Å². The molecule has 0 bridgehead atoms. The number of imide groups is 1. The van der Waals surface area contributed by atoms with Gasteiger partial charge in [0.25, 0.3) is 0 Å². The zero-order valence-electron chi connectivity index (χ0n) is 15.7. The summed E-state index contributed by atoms with van der Waals surface area (Å²) in [6, 6.07) is 6.22. The molecule has 1 heterocycles. The van der Waals surface area contributed by atoms with Gasteiger partial charge in [-0.3, -0.25) is 19.3 Å². The Kier molecular flexibility index (Phi) is 5.00. The summed E-state index contributed by atoms with van der Waals surface area (Å²) in [4.78, 5) is 50.7. The molecule has 2 amide bonds. The van der Waals surface area contributed by atoms with Gasteiger partial charge in [0.2, 0.25) is 11.8 Å². The molecule has 1 aliphatic heterocycles. The highest BCUT2D eigenvalue weighted by atomic mass is 16.5. The van der Waals surface area contributed by atoms with Gasteiger partial charge in [-0.2, -0.15) is 0 Å². The first kappa shape index (κ1) is 19.0. The number of nitrogens with zero attached hydrogens (tertiary/aromatic N) is 1. The van der Waals surface area contributed by atoms with Crippen LogP contribution in [0.2, 0.25) is 0 Å². The topological polar surface area (TPSA) is 80.8 Å². The van der Waals surface area contributed by atoms with E-state index in [4.69, 9.17) is 4.74 Å². The van der Waals surface area contributed by atoms with Gasteiger partial charge in [-0.1, -0.05) is 39.0 Å². The molecule has 3 rings (SSSR count). The number of Topliss-reactive ketones (excluding diaryl/α,β-unsaturated/α-hetero) is 1. The standard InChI is InChI=1S/C21H23NO5/c1-21(2,3)17(23)12-27-20(26)13-7-6-8-14(11-13)22-18(24)15-9-4-5-10-16(15)19(22)25/h4-8,11,15-16H,9-10,12H2,1-3H3. The number of fused-ring (bicyclic) bond motifs is 1. The fourth-order valence-electron chi connectivity index (χ4n) is 3.26. The first-order chi connectivity index (χ1) is 12.7. The third-order valence-electron chi connectivity index (χ3n) is 5.02. The summed E-state index contributed by atoms with van der Waals surface area (Å²) < 4.78 is 5.10. The van der Waals surface area contributed by atoms with E-state index < -0.39 is 11.4 Å². The van der Waals surface area contributed by atoms with E-state index in [-0.39, 0.29) is 41.6 Å². The minimum atomic E-state index is -0.660. The van der Waals surface area contributed by atoms with Crippen LogP contribution in [0.25, 0.3) is 0 Å². The molecule has 0 N–H and O–H groups in total. The van der Waals surface area contributed by atoms with Crippen LogP contribution >= 0.6 is 0 Å². The molecule has 6 heteroatoms. The van der Waals surface area contributed by atoms with Crippen molar-refractivity contribution < 1.29 is 23.9 Å². The summed E-state index contributed by atoms with van der Waals surface area (Å²) >= 11 is 0. The van der Waals surface area contributed by atoms with Crippen molar-refractivity contribution in [2.24, 2.45) is 17.3 Å². The number of carbonyl (C=O) groups excluding carboxylic acids is 4. The van der Waals surface area contributed by atoms with E-state index in [1.165, 1.54) is 17.0 Å². The highest BCUT2D eigenvalue weighted by molar-refractivity contribution is 6.22. The second-order valence-electron chi connectivity index (χ2n) is 7.97. The second kappa shape index (κ2) is 7.10. The number of benzene rings is 1. The Morgan fingerprint density at radius 2 is 1.67 bits per heavy atom. The Hall–Kier alpha value is -2.76. The van der Waals surface area contributed by atoms with Crippen molar-refractivity contribution >= 4 is 29.3 Å². The molecule has 27 heavy (non-hydrogen) atoms. The minimum Gasteiger partial charge on any atom is -0.454 e. The fourth-order valence-corrected chi connectivity index (χ4v) is 3.26. The first-order valence-corrected chi connectivity index (χ1v) is 9.03. The van der Waals surface area contributed by atoms with Gasteiger partial charge in [0.05, 0.1) is 23.1 Å². The maximum absolute atomic E-state index is 12.7. The minimum absolute atomic E-state index is 0.187. The highest BCUT2D eigenvalue weighted by Crippen LogP contribution is 2.37. The normalized spacial score (nSPS) is 22.0. The Balaban J connectivity index is 1.76. The third kappa shape index (κ3) is 3.70. The number of rotatable bonds is 4. The van der Waals surface area contributed by atoms with Gasteiger partial charge in [0, 0.05) is 5.41 Å². The summed E-state index contributed by atoms with van der Waals surface area (Å²) in [5, 5.41) is 0. The van der Waals surface area contributed by atoms with Gasteiger partial charge in [-0.15, -0.1) is 0 Å². The Morgan fingerprint density at radius 1 is 1.07 bits per heavy atom. The molecular weight excluding hydrogens is 346 g/mol. The molecule has 1 fully saturated rings. The van der Waals surface area contributed by atoms with Crippen molar-refractivity contribution in [1.29, 1.82) is 0 Å². The lowest BCUT2D eigenvalue weighted by Crippen LogP contribution is -2.31. The van der Waals surface area contributed by atoms with Crippen LogP contribution in [-0.2, 0) is 19.1 Å². The van der Waals surface area contributed by atoms with Crippen LogP contribution < -0.4 is 4.90 Å². The SMILES string of the molecule is CC(C)(C)C(=O)COC(=O)c1cccc(N2C(=O)C3CC=CCC3C2=O)c1. The van der Waals surface area contributed by atoms with E-state index in [0.717, 1.165) is 0 Å². The van der Waals surface area contributed by atoms with Crippen LogP contribution in [0, 0.1) is 17.3 Å². The summed E-state index contributed by atoms with van der Waals surface area (Å²) in [6.07, 6.45) is 4.97. The molecule has 142 valence electrons. The van der Waals surface area contributed by atoms with Crippen LogP contribution in [0.15, 0.2) is 36.4 Å². The smallest absolute Gasteiger partial charge is 0.338 e. The number of allylic oxidation sites excluding steroid dienone is 2. The van der Waals surface area contributed by atoms with E-state index in [1.807, 2.05) is 12.2 Å². The third-order valence-corrected chi connectivity index (χ3v) is 5.02. The average molecular weight is 369 g/mol. The lowest BCUT2D eigenvalue weighted by Gasteiger charge is -2.17. The van der Waals surface area contributed by atoms with Gasteiger partial charge in [0.15, 0.2) is 12.4 Å². The first-order valence-electron chi connectivity index (χ1n) is 9.03. The van der Waals surface area contributed by atoms with Crippen LogP contribution in [0.5, 0.6) is 0 Å². The number of ether oxygens (including phenoxy) is 1. The molecule has 0 radical (unpaired) electrons. The zero-order valence-corrected chi connectivity index (χ0v) is 15.7. The monoisotopic (exact) mass is 369 g/mol. The van der Waals surface area contributed by atoms with Gasteiger partial charge >= 0.3 is 5.97 Å². The molecule has 2 unspecified atom stereocenters. The quantitative estimate of drug-likeness (QED) is 0.463. The van der Waals surface area contributed by atoms with Crippen molar-refractivity contribution in [2.45, 2.75) is 33.6 Å². The average Bonchev–Trinajstić information content (AvgIpc) is 2.90. The highest BCUT2D eigenvalue weighted by Gasteiger charge is 2.47. The summed E-state index contributed by atoms with van der Waals surface area (Å²) in [6.45, 7) is 4.94. The number of amides is 2. The lowest BCUT2D eigenvalue weighted by molar-refractivity contribution is -0.129. The Morgan fingerprint density at radius 3 is 2.22 bits per heavy atom. The van der Waals surface area contributed by atoms with Crippen molar-refractivity contribution in [2.75, 3.05) is 11.5 Å². The maximum Gasteiger partial charge on any atom is 0.338 e. The summed E-state index contributed by atoms with van der Waals surface area (Å²) in [5.41, 5.74) is -0.0419. The Labute approximate surface area is 158 Å². The number of hydrogen-bond donors (Lipinski definition) is 0. The summed E-state index contributed by atoms with van der Waals surface area (Å²) in [7, 11) is 0. The molecule has 1 aromatic rings. The van der Waals surface area contributed by atoms with Crippen molar-refractivity contribution in [1.82, 2.24) is 0 Å². The number of carbonyl (C=O) groups is 4. The molecule has 0 aromatic heterocycles. The number of hydrogen-bond acceptors (Lipinski definition) is 5. The number of esters is 1. The van der Waals surface area contributed by atoms with E-state index in [0.29, 0.717) is 18.5 Å². The largest absolute Gasteiger partial charge is 0.454 e. The van der Waals surface area contributed by atoms with Crippen LogP contribution in [0.1, 0.15) is 44.0 Å². The van der Waals surface area contributed by atoms with E-state index in [9.17, 15) is 19.2 Å². The molecule has 6 nitrogen and oxygen atoms in total. The van der Waals surface area contributed by atoms with E-state index in [2.05, 4.69) is 0 Å². The molecule has 1 aliphatic carbocycles. The molecule has 1 aromatic carbocycles. The summed E-state index contributed by atoms with van der Waals surface area (Å²) in [5.74, 6) is -1.98. The molecule has 0 spiro atoms. The van der Waals surface area contributed by atoms with Gasteiger partial charge < -0.3 is 4.74 Å². The van der Waals surface area contributed by atoms with Crippen LogP contribution in [0.3, 0.4) is 0 Å². The Bertz CT molecular complexity index is 807. The molecular formula is C21H23NO5. The van der Waals surface area contributed by atoms with Gasteiger partial charge in [-0.25, -0.2) is 4.79 Å². The van der Waals surface area contributed by atoms with Crippen LogP contribution in [0.4, 0.5) is 5.69 Å². The molecule has 1 saturated heterocycles. The predicted molar refractivity (Wildman–Crippen MR) is 99.0 cm³/mol. The molecule has 2 aliphatic rings. The zero-order chi connectivity index (χ0) is 19.8. The maximum atomic E-state index is 12.7. The molecule has 0 saturated carbocycles. The molecule has 2 atom stereocenters. The van der Waals surface area contributed by atoms with Gasteiger partial charge in [0.1, 0.15) is 0 Å². The van der Waals surface area contributed by atoms with E-state index >= 15 is 0 Å².